The first-order chi connectivity index (χ1) is 11.5. The molecule has 2 aromatic rings. The largest absolute Gasteiger partial charge is 0.493 e. The Labute approximate surface area is 142 Å². The summed E-state index contributed by atoms with van der Waals surface area (Å²) in [6, 6.07) is 13.0. The van der Waals surface area contributed by atoms with E-state index in [0.29, 0.717) is 29.2 Å². The molecule has 0 aliphatic carbocycles. The number of benzene rings is 2. The number of ketones is 1. The molecule has 1 heterocycles. The molecule has 0 saturated carbocycles. The summed E-state index contributed by atoms with van der Waals surface area (Å²) in [4.78, 5) is 17.7. The van der Waals surface area contributed by atoms with Crippen molar-refractivity contribution in [3.05, 3.63) is 59.2 Å². The van der Waals surface area contributed by atoms with E-state index in [1.54, 1.807) is 14.2 Å². The molecule has 0 bridgehead atoms. The topological polar surface area (TPSA) is 47.9 Å². The number of carbonyl (C=O) groups excluding carboxylic acids is 1. The molecule has 0 radical (unpaired) electrons. The Balaban J connectivity index is 2.18. The van der Waals surface area contributed by atoms with Crippen LogP contribution in [0.2, 0.25) is 0 Å². The molecule has 1 aliphatic heterocycles. The number of ether oxygens (including phenoxy) is 2. The first-order valence-corrected chi connectivity index (χ1v) is 7.90. The number of aliphatic imine (C=N–C) groups is 1. The lowest BCUT2D eigenvalue weighted by Crippen LogP contribution is -2.33. The van der Waals surface area contributed by atoms with Gasteiger partial charge in [0.05, 0.1) is 19.8 Å². The molecule has 0 amide bonds. The summed E-state index contributed by atoms with van der Waals surface area (Å²) in [6.07, 6.45) is 0.689. The third-order valence-electron chi connectivity index (χ3n) is 4.18. The summed E-state index contributed by atoms with van der Waals surface area (Å²) in [5, 5.41) is 0. The molecule has 0 saturated heterocycles. The van der Waals surface area contributed by atoms with Crippen LogP contribution in [0.5, 0.6) is 11.5 Å². The minimum Gasteiger partial charge on any atom is -0.493 e. The Morgan fingerprint density at radius 2 is 1.75 bits per heavy atom. The summed E-state index contributed by atoms with van der Waals surface area (Å²) in [5.41, 5.74) is 2.52. The minimum absolute atomic E-state index is 0.0724. The molecule has 0 fully saturated rings. The third kappa shape index (κ3) is 2.80. The average molecular weight is 323 g/mol. The van der Waals surface area contributed by atoms with Crippen LogP contribution in [0.1, 0.15) is 35.3 Å². The lowest BCUT2D eigenvalue weighted by molar-refractivity contribution is 0.106. The molecule has 0 aromatic heterocycles. The standard InChI is InChI=1S/C20H21NO3/c1-20(2)12-15-14(10-11-16(23-3)19(15)24-4)17(21-20)18(22)13-8-6-5-7-9-13/h5-11H,12H2,1-4H3. The highest BCUT2D eigenvalue weighted by atomic mass is 16.5. The fourth-order valence-electron chi connectivity index (χ4n) is 3.12. The number of carbonyl (C=O) groups is 1. The van der Waals surface area contributed by atoms with E-state index in [1.165, 1.54) is 0 Å². The second kappa shape index (κ2) is 6.11. The van der Waals surface area contributed by atoms with Gasteiger partial charge in [-0.2, -0.15) is 0 Å². The Hall–Kier alpha value is -2.62. The van der Waals surface area contributed by atoms with Crippen molar-refractivity contribution in [1.29, 1.82) is 0 Å². The van der Waals surface area contributed by atoms with Crippen LogP contribution in [-0.2, 0) is 6.42 Å². The Morgan fingerprint density at radius 1 is 1.04 bits per heavy atom. The van der Waals surface area contributed by atoms with Gasteiger partial charge < -0.3 is 9.47 Å². The van der Waals surface area contributed by atoms with Gasteiger partial charge in [-0.25, -0.2) is 0 Å². The maximum atomic E-state index is 13.0. The van der Waals surface area contributed by atoms with Crippen molar-refractivity contribution in [3.63, 3.8) is 0 Å². The zero-order valence-electron chi connectivity index (χ0n) is 14.4. The van der Waals surface area contributed by atoms with Gasteiger partial charge in [0.25, 0.3) is 0 Å². The maximum absolute atomic E-state index is 13.0. The lowest BCUT2D eigenvalue weighted by Gasteiger charge is -2.30. The lowest BCUT2D eigenvalue weighted by atomic mass is 9.84. The molecule has 1 aliphatic rings. The van der Waals surface area contributed by atoms with Gasteiger partial charge in [0, 0.05) is 23.1 Å². The SMILES string of the molecule is COc1ccc2c(c1OC)CC(C)(C)N=C2C(=O)c1ccccc1. The molecule has 0 unspecified atom stereocenters. The van der Waals surface area contributed by atoms with Gasteiger partial charge in [-0.1, -0.05) is 30.3 Å². The Bertz CT molecular complexity index is 807. The first kappa shape index (κ1) is 16.2. The molecule has 2 aromatic carbocycles. The highest BCUT2D eigenvalue weighted by Crippen LogP contribution is 2.39. The zero-order valence-corrected chi connectivity index (χ0v) is 14.4. The maximum Gasteiger partial charge on any atom is 0.211 e. The van der Waals surface area contributed by atoms with Gasteiger partial charge in [0.2, 0.25) is 5.78 Å². The molecule has 0 N–H and O–H groups in total. The fourth-order valence-corrected chi connectivity index (χ4v) is 3.12. The van der Waals surface area contributed by atoms with Crippen molar-refractivity contribution in [1.82, 2.24) is 0 Å². The van der Waals surface area contributed by atoms with Crippen molar-refractivity contribution < 1.29 is 14.3 Å². The van der Waals surface area contributed by atoms with E-state index in [2.05, 4.69) is 0 Å². The molecular formula is C20H21NO3. The van der Waals surface area contributed by atoms with Crippen LogP contribution in [0.25, 0.3) is 0 Å². The Kier molecular flexibility index (Phi) is 4.14. The van der Waals surface area contributed by atoms with E-state index in [0.717, 1.165) is 11.1 Å². The van der Waals surface area contributed by atoms with E-state index in [9.17, 15) is 4.79 Å². The summed E-state index contributed by atoms with van der Waals surface area (Å²) in [7, 11) is 3.23. The van der Waals surface area contributed by atoms with Crippen LogP contribution in [0.4, 0.5) is 0 Å². The molecule has 4 nitrogen and oxygen atoms in total. The normalized spacial score (nSPS) is 15.2. The number of hydrogen-bond acceptors (Lipinski definition) is 4. The monoisotopic (exact) mass is 323 g/mol. The number of methoxy groups -OCH3 is 2. The molecule has 0 atom stereocenters. The van der Waals surface area contributed by atoms with E-state index in [4.69, 9.17) is 14.5 Å². The fraction of sp³-hybridized carbons (Fsp3) is 0.300. The van der Waals surface area contributed by atoms with Crippen molar-refractivity contribution in [2.24, 2.45) is 4.99 Å². The molecular weight excluding hydrogens is 302 g/mol. The van der Waals surface area contributed by atoms with Gasteiger partial charge in [-0.05, 0) is 26.0 Å². The summed E-state index contributed by atoms with van der Waals surface area (Å²) in [6.45, 7) is 4.04. The quantitative estimate of drug-likeness (QED) is 0.806. The number of fused-ring (bicyclic) bond motifs is 1. The molecule has 124 valence electrons. The summed E-state index contributed by atoms with van der Waals surface area (Å²) >= 11 is 0. The van der Waals surface area contributed by atoms with E-state index in [-0.39, 0.29) is 11.3 Å². The van der Waals surface area contributed by atoms with E-state index >= 15 is 0 Å². The first-order valence-electron chi connectivity index (χ1n) is 7.90. The van der Waals surface area contributed by atoms with Gasteiger partial charge in [-0.3, -0.25) is 9.79 Å². The number of rotatable bonds is 4. The van der Waals surface area contributed by atoms with Crippen LogP contribution >= 0.6 is 0 Å². The Morgan fingerprint density at radius 3 is 2.38 bits per heavy atom. The smallest absolute Gasteiger partial charge is 0.211 e. The number of hydrogen-bond donors (Lipinski definition) is 0. The van der Waals surface area contributed by atoms with E-state index in [1.807, 2.05) is 56.3 Å². The highest BCUT2D eigenvalue weighted by Gasteiger charge is 2.33. The second-order valence-corrected chi connectivity index (χ2v) is 6.47. The average Bonchev–Trinajstić information content (AvgIpc) is 2.59. The van der Waals surface area contributed by atoms with Crippen molar-refractivity contribution >= 4 is 11.5 Å². The summed E-state index contributed by atoms with van der Waals surface area (Å²) in [5.74, 6) is 1.27. The van der Waals surface area contributed by atoms with Crippen LogP contribution in [0.3, 0.4) is 0 Å². The van der Waals surface area contributed by atoms with Crippen LogP contribution in [-0.4, -0.2) is 31.3 Å². The van der Waals surface area contributed by atoms with Crippen LogP contribution in [0, 0.1) is 0 Å². The van der Waals surface area contributed by atoms with Crippen LogP contribution < -0.4 is 9.47 Å². The summed E-state index contributed by atoms with van der Waals surface area (Å²) < 4.78 is 11.0. The molecule has 4 heteroatoms. The van der Waals surface area contributed by atoms with E-state index < -0.39 is 0 Å². The van der Waals surface area contributed by atoms with Gasteiger partial charge >= 0.3 is 0 Å². The number of nitrogens with zero attached hydrogens (tertiary/aromatic N) is 1. The predicted octanol–water partition coefficient (Wildman–Crippen LogP) is 3.71. The molecule has 24 heavy (non-hydrogen) atoms. The molecule has 0 spiro atoms. The van der Waals surface area contributed by atoms with Gasteiger partial charge in [0.1, 0.15) is 5.71 Å². The van der Waals surface area contributed by atoms with Crippen molar-refractivity contribution in [2.75, 3.05) is 14.2 Å². The highest BCUT2D eigenvalue weighted by molar-refractivity contribution is 6.52. The van der Waals surface area contributed by atoms with Crippen molar-refractivity contribution in [2.45, 2.75) is 25.8 Å². The minimum atomic E-state index is -0.383. The van der Waals surface area contributed by atoms with Crippen LogP contribution in [0.15, 0.2) is 47.5 Å². The van der Waals surface area contributed by atoms with Gasteiger partial charge in [-0.15, -0.1) is 0 Å². The second-order valence-electron chi connectivity index (χ2n) is 6.47. The number of Topliss-reactive ketones (excluding diaryl/α,β-unsaturated/α-hetero) is 1. The predicted molar refractivity (Wildman–Crippen MR) is 94.6 cm³/mol. The van der Waals surface area contributed by atoms with Gasteiger partial charge in [0.15, 0.2) is 11.5 Å². The molecule has 3 rings (SSSR count). The zero-order chi connectivity index (χ0) is 17.3. The third-order valence-corrected chi connectivity index (χ3v) is 4.18. The van der Waals surface area contributed by atoms with Crippen molar-refractivity contribution in [3.8, 4) is 11.5 Å².